The Morgan fingerprint density at radius 2 is 0.811 bits per heavy atom. The number of rotatable bonds is 4. The molecule has 0 bridgehead atoms. The Kier molecular flexibility index (Phi) is 5.77. The minimum atomic E-state index is 1.16. The highest BCUT2D eigenvalue weighted by molar-refractivity contribution is 6.27. The lowest BCUT2D eigenvalue weighted by molar-refractivity contribution is 1.17. The quantitative estimate of drug-likeness (QED) is 0.165. The lowest BCUT2D eigenvalue weighted by Gasteiger charge is -2.12. The van der Waals surface area contributed by atoms with E-state index in [0.29, 0.717) is 0 Å². The number of fused-ring (bicyclic) bond motifs is 6. The van der Waals surface area contributed by atoms with Gasteiger partial charge in [0.25, 0.3) is 0 Å². The topological polar surface area (TPSA) is 14.8 Å². The molecule has 12 rings (SSSR count). The number of hydrogen-bond acceptors (Lipinski definition) is 0. The molecular weight excluding hydrogens is 643 g/mol. The van der Waals surface area contributed by atoms with Gasteiger partial charge in [-0.25, -0.2) is 0 Å². The van der Waals surface area contributed by atoms with Gasteiger partial charge in [0.15, 0.2) is 0 Å². The van der Waals surface area contributed by atoms with E-state index in [-0.39, 0.29) is 0 Å². The molecule has 0 atom stereocenters. The lowest BCUT2D eigenvalue weighted by Crippen LogP contribution is -1.96. The zero-order valence-corrected chi connectivity index (χ0v) is 28.7. The molecule has 3 heteroatoms. The molecule has 0 spiro atoms. The summed E-state index contributed by atoms with van der Waals surface area (Å²) in [5, 5.41) is 10.2. The first kappa shape index (κ1) is 28.6. The van der Waals surface area contributed by atoms with Crippen molar-refractivity contribution < 1.29 is 0 Å². The Balaban J connectivity index is 1.11. The summed E-state index contributed by atoms with van der Waals surface area (Å²) in [5.41, 5.74) is 13.3. The van der Waals surface area contributed by atoms with Crippen molar-refractivity contribution in [3.05, 3.63) is 188 Å². The third kappa shape index (κ3) is 3.94. The van der Waals surface area contributed by atoms with Crippen molar-refractivity contribution in [3.63, 3.8) is 0 Å². The minimum Gasteiger partial charge on any atom is -0.309 e. The van der Waals surface area contributed by atoms with Crippen LogP contribution < -0.4 is 0 Å². The summed E-state index contributed by atoms with van der Waals surface area (Å²) >= 11 is 0. The van der Waals surface area contributed by atoms with Gasteiger partial charge in [-0.15, -0.1) is 0 Å². The summed E-state index contributed by atoms with van der Waals surface area (Å²) in [7, 11) is 0. The summed E-state index contributed by atoms with van der Waals surface area (Å²) in [6, 6.07) is 68.9. The molecule has 0 N–H and O–H groups in total. The van der Waals surface area contributed by atoms with E-state index in [1.54, 1.807) is 0 Å². The van der Waals surface area contributed by atoms with Crippen LogP contribution in [0.2, 0.25) is 0 Å². The SMILES string of the molecule is c1ccc(-n2c3ccccc3c3cc(-n4c5ccccc5c5ccc(-c6ccc7c8c6ccc6cccc(c68)n7-c6ccccc6)cc54)ccc32)cc1. The zero-order chi connectivity index (χ0) is 34.6. The fraction of sp³-hybridized carbons (Fsp3) is 0. The Bertz CT molecular complexity index is 3380. The molecule has 0 amide bonds. The molecule has 0 unspecified atom stereocenters. The van der Waals surface area contributed by atoms with Crippen LogP contribution >= 0.6 is 0 Å². The third-order valence-corrected chi connectivity index (χ3v) is 11.4. The molecule has 12 aromatic rings. The first-order chi connectivity index (χ1) is 26.3. The van der Waals surface area contributed by atoms with E-state index in [1.807, 2.05) is 0 Å². The molecular formula is C50H31N3. The molecule has 0 aliphatic rings. The van der Waals surface area contributed by atoms with E-state index in [2.05, 4.69) is 202 Å². The average molecular weight is 674 g/mol. The van der Waals surface area contributed by atoms with Crippen molar-refractivity contribution in [2.75, 3.05) is 0 Å². The number of benzene rings is 9. The summed E-state index contributed by atoms with van der Waals surface area (Å²) in [5.74, 6) is 0. The Morgan fingerprint density at radius 1 is 0.264 bits per heavy atom. The van der Waals surface area contributed by atoms with E-state index >= 15 is 0 Å². The highest BCUT2D eigenvalue weighted by atomic mass is 15.0. The molecule has 0 aliphatic heterocycles. The van der Waals surface area contributed by atoms with Crippen molar-refractivity contribution in [1.82, 2.24) is 13.7 Å². The second-order valence-corrected chi connectivity index (χ2v) is 14.1. The predicted molar refractivity (Wildman–Crippen MR) is 224 cm³/mol. The second-order valence-electron chi connectivity index (χ2n) is 14.1. The van der Waals surface area contributed by atoms with Crippen molar-refractivity contribution in [2.24, 2.45) is 0 Å². The Labute approximate surface area is 305 Å². The molecule has 0 saturated carbocycles. The summed E-state index contributed by atoms with van der Waals surface area (Å²) in [6.07, 6.45) is 0. The van der Waals surface area contributed by atoms with Crippen LogP contribution in [0.1, 0.15) is 0 Å². The summed E-state index contributed by atoms with van der Waals surface area (Å²) < 4.78 is 7.26. The smallest absolute Gasteiger partial charge is 0.0547 e. The molecule has 53 heavy (non-hydrogen) atoms. The molecule has 9 aromatic carbocycles. The predicted octanol–water partition coefficient (Wildman–Crippen LogP) is 13.2. The van der Waals surface area contributed by atoms with Gasteiger partial charge < -0.3 is 13.7 Å². The highest BCUT2D eigenvalue weighted by Crippen LogP contribution is 2.44. The van der Waals surface area contributed by atoms with Crippen molar-refractivity contribution in [3.8, 4) is 28.2 Å². The van der Waals surface area contributed by atoms with Gasteiger partial charge in [-0.3, -0.25) is 0 Å². The van der Waals surface area contributed by atoms with E-state index < -0.39 is 0 Å². The first-order valence-corrected chi connectivity index (χ1v) is 18.3. The number of hydrogen-bond donors (Lipinski definition) is 0. The second kappa shape index (κ2) is 10.7. The van der Waals surface area contributed by atoms with Crippen LogP contribution in [0.3, 0.4) is 0 Å². The normalized spacial score (nSPS) is 12.2. The molecule has 3 heterocycles. The minimum absolute atomic E-state index is 1.16. The van der Waals surface area contributed by atoms with E-state index in [0.717, 1.165) is 5.69 Å². The molecule has 3 nitrogen and oxygen atoms in total. The average Bonchev–Trinajstić information content (AvgIpc) is 3.86. The van der Waals surface area contributed by atoms with Crippen LogP contribution in [0.4, 0.5) is 0 Å². The fourth-order valence-electron chi connectivity index (χ4n) is 9.17. The maximum atomic E-state index is 2.46. The first-order valence-electron chi connectivity index (χ1n) is 18.3. The Hall–Kier alpha value is -7.10. The molecule has 246 valence electrons. The van der Waals surface area contributed by atoms with Gasteiger partial charge in [0.1, 0.15) is 0 Å². The number of aromatic nitrogens is 3. The maximum absolute atomic E-state index is 2.46. The largest absolute Gasteiger partial charge is 0.309 e. The van der Waals surface area contributed by atoms with Gasteiger partial charge in [-0.05, 0) is 94.7 Å². The van der Waals surface area contributed by atoms with Crippen molar-refractivity contribution in [1.29, 1.82) is 0 Å². The lowest BCUT2D eigenvalue weighted by atomic mass is 9.94. The van der Waals surface area contributed by atoms with Crippen LogP contribution in [-0.4, -0.2) is 13.7 Å². The van der Waals surface area contributed by atoms with E-state index in [1.165, 1.54) is 98.7 Å². The standard InChI is InChI=1S/C50H31N3/c1-3-13-34(14-4-1)51-44-20-10-8-18-39(44)42-31-36(24-28-45(42)51)53-43-19-9-7-17-38(43)40-25-23-33(30-48(40)53)37-27-29-47-50-41(37)26-22-32-12-11-21-46(49(32)50)52(47)35-15-5-2-6-16-35/h1-31H. The van der Waals surface area contributed by atoms with Crippen LogP contribution in [0.5, 0.6) is 0 Å². The fourth-order valence-corrected chi connectivity index (χ4v) is 9.17. The molecule has 0 aliphatic carbocycles. The number of para-hydroxylation sites is 4. The molecule has 0 radical (unpaired) electrons. The monoisotopic (exact) mass is 673 g/mol. The number of nitrogens with zero attached hydrogens (tertiary/aromatic N) is 3. The van der Waals surface area contributed by atoms with Crippen LogP contribution in [0.15, 0.2) is 188 Å². The summed E-state index contributed by atoms with van der Waals surface area (Å²) in [6.45, 7) is 0. The molecule has 0 fully saturated rings. The van der Waals surface area contributed by atoms with E-state index in [9.17, 15) is 0 Å². The highest BCUT2D eigenvalue weighted by Gasteiger charge is 2.21. The zero-order valence-electron chi connectivity index (χ0n) is 28.7. The molecule has 0 saturated heterocycles. The van der Waals surface area contributed by atoms with Gasteiger partial charge in [-0.2, -0.15) is 0 Å². The summed E-state index contributed by atoms with van der Waals surface area (Å²) in [4.78, 5) is 0. The molecule has 3 aromatic heterocycles. The van der Waals surface area contributed by atoms with Gasteiger partial charge in [0.05, 0.1) is 33.1 Å². The van der Waals surface area contributed by atoms with Crippen LogP contribution in [0.25, 0.3) is 104 Å². The van der Waals surface area contributed by atoms with E-state index in [4.69, 9.17) is 0 Å². The van der Waals surface area contributed by atoms with Gasteiger partial charge in [0.2, 0.25) is 0 Å². The van der Waals surface area contributed by atoms with Gasteiger partial charge in [-0.1, -0.05) is 115 Å². The maximum Gasteiger partial charge on any atom is 0.0547 e. The van der Waals surface area contributed by atoms with Gasteiger partial charge >= 0.3 is 0 Å². The van der Waals surface area contributed by atoms with Gasteiger partial charge in [0, 0.05) is 49.4 Å². The van der Waals surface area contributed by atoms with Crippen LogP contribution in [0, 0.1) is 0 Å². The Morgan fingerprint density at radius 3 is 1.57 bits per heavy atom. The van der Waals surface area contributed by atoms with Crippen molar-refractivity contribution in [2.45, 2.75) is 0 Å². The van der Waals surface area contributed by atoms with Crippen molar-refractivity contribution >= 4 is 76.2 Å². The van der Waals surface area contributed by atoms with Crippen LogP contribution in [-0.2, 0) is 0 Å². The third-order valence-electron chi connectivity index (χ3n) is 11.4.